The van der Waals surface area contributed by atoms with Gasteiger partial charge >= 0.3 is 0 Å². The summed E-state index contributed by atoms with van der Waals surface area (Å²) in [7, 11) is 0. The molecule has 0 atom stereocenters. The number of ether oxygens (including phenoxy) is 1. The Morgan fingerprint density at radius 1 is 1.23 bits per heavy atom. The molecule has 4 nitrogen and oxygen atoms in total. The van der Waals surface area contributed by atoms with Gasteiger partial charge in [-0.3, -0.25) is 9.36 Å². The van der Waals surface area contributed by atoms with Gasteiger partial charge in [0.2, 0.25) is 0 Å². The SMILES string of the molecule is O=c1c2cc(Cl)ccc2ncn1CCOc1cccc(Br)c1. The summed E-state index contributed by atoms with van der Waals surface area (Å²) >= 11 is 9.32. The Morgan fingerprint density at radius 3 is 2.91 bits per heavy atom. The Labute approximate surface area is 140 Å². The number of aromatic nitrogens is 2. The van der Waals surface area contributed by atoms with Gasteiger partial charge in [-0.05, 0) is 36.4 Å². The van der Waals surface area contributed by atoms with Crippen molar-refractivity contribution in [1.29, 1.82) is 0 Å². The van der Waals surface area contributed by atoms with Gasteiger partial charge in [-0.25, -0.2) is 4.98 Å². The molecule has 3 rings (SSSR count). The second kappa shape index (κ2) is 6.50. The van der Waals surface area contributed by atoms with E-state index >= 15 is 0 Å². The van der Waals surface area contributed by atoms with E-state index in [0.717, 1.165) is 10.2 Å². The molecule has 0 spiro atoms. The van der Waals surface area contributed by atoms with Gasteiger partial charge in [-0.2, -0.15) is 0 Å². The van der Waals surface area contributed by atoms with Gasteiger partial charge in [-0.15, -0.1) is 0 Å². The van der Waals surface area contributed by atoms with Gasteiger partial charge in [0.1, 0.15) is 12.4 Å². The first-order valence-corrected chi connectivity index (χ1v) is 7.84. The fraction of sp³-hybridized carbons (Fsp3) is 0.125. The van der Waals surface area contributed by atoms with Gasteiger partial charge < -0.3 is 4.74 Å². The van der Waals surface area contributed by atoms with Crippen LogP contribution >= 0.6 is 27.5 Å². The Kier molecular flexibility index (Phi) is 4.45. The van der Waals surface area contributed by atoms with Gasteiger partial charge in [-0.1, -0.05) is 33.6 Å². The van der Waals surface area contributed by atoms with E-state index in [1.54, 1.807) is 18.2 Å². The van der Waals surface area contributed by atoms with Crippen LogP contribution in [0.1, 0.15) is 0 Å². The van der Waals surface area contributed by atoms with Crippen molar-refractivity contribution < 1.29 is 4.74 Å². The lowest BCUT2D eigenvalue weighted by atomic mass is 10.2. The van der Waals surface area contributed by atoms with Gasteiger partial charge in [0, 0.05) is 9.50 Å². The number of hydrogen-bond acceptors (Lipinski definition) is 3. The van der Waals surface area contributed by atoms with E-state index in [-0.39, 0.29) is 5.56 Å². The van der Waals surface area contributed by atoms with E-state index in [4.69, 9.17) is 16.3 Å². The van der Waals surface area contributed by atoms with Gasteiger partial charge in [0.25, 0.3) is 5.56 Å². The second-order valence-electron chi connectivity index (χ2n) is 4.71. The van der Waals surface area contributed by atoms with Crippen LogP contribution in [0.5, 0.6) is 5.75 Å². The average Bonchev–Trinajstić information content (AvgIpc) is 2.50. The van der Waals surface area contributed by atoms with Crippen LogP contribution in [-0.2, 0) is 6.54 Å². The first-order chi connectivity index (χ1) is 10.6. The molecule has 22 heavy (non-hydrogen) atoms. The molecule has 112 valence electrons. The zero-order valence-electron chi connectivity index (χ0n) is 11.5. The molecule has 0 unspecified atom stereocenters. The summed E-state index contributed by atoms with van der Waals surface area (Å²) in [6, 6.07) is 12.7. The van der Waals surface area contributed by atoms with Gasteiger partial charge in [0.05, 0.1) is 23.8 Å². The minimum Gasteiger partial charge on any atom is -0.492 e. The lowest BCUT2D eigenvalue weighted by Crippen LogP contribution is -2.23. The minimum atomic E-state index is -0.120. The highest BCUT2D eigenvalue weighted by Gasteiger charge is 2.05. The van der Waals surface area contributed by atoms with Crippen molar-refractivity contribution in [1.82, 2.24) is 9.55 Å². The Bertz CT molecular complexity index is 879. The van der Waals surface area contributed by atoms with Crippen LogP contribution in [0.25, 0.3) is 10.9 Å². The third kappa shape index (κ3) is 3.31. The molecule has 0 bridgehead atoms. The van der Waals surface area contributed by atoms with Crippen LogP contribution in [0.2, 0.25) is 5.02 Å². The zero-order valence-corrected chi connectivity index (χ0v) is 13.8. The lowest BCUT2D eigenvalue weighted by molar-refractivity contribution is 0.296. The van der Waals surface area contributed by atoms with E-state index in [9.17, 15) is 4.79 Å². The van der Waals surface area contributed by atoms with E-state index in [2.05, 4.69) is 20.9 Å². The zero-order chi connectivity index (χ0) is 15.5. The molecule has 6 heteroatoms. The smallest absolute Gasteiger partial charge is 0.261 e. The fourth-order valence-electron chi connectivity index (χ4n) is 2.11. The molecule has 0 aliphatic carbocycles. The van der Waals surface area contributed by atoms with E-state index in [0.29, 0.717) is 29.1 Å². The Hall–Kier alpha value is -1.85. The maximum absolute atomic E-state index is 12.4. The third-order valence-corrected chi connectivity index (χ3v) is 3.91. The topological polar surface area (TPSA) is 44.1 Å². The maximum atomic E-state index is 12.4. The second-order valence-corrected chi connectivity index (χ2v) is 6.06. The largest absolute Gasteiger partial charge is 0.492 e. The third-order valence-electron chi connectivity index (χ3n) is 3.18. The van der Waals surface area contributed by atoms with Crippen LogP contribution in [0, 0.1) is 0 Å². The fourth-order valence-corrected chi connectivity index (χ4v) is 2.66. The van der Waals surface area contributed by atoms with Crippen molar-refractivity contribution in [3.05, 3.63) is 68.6 Å². The summed E-state index contributed by atoms with van der Waals surface area (Å²) in [6.07, 6.45) is 1.53. The van der Waals surface area contributed by atoms with Crippen LogP contribution < -0.4 is 10.3 Å². The number of nitrogens with zero attached hydrogens (tertiary/aromatic N) is 2. The molecule has 0 radical (unpaired) electrons. The van der Waals surface area contributed by atoms with Crippen molar-refractivity contribution in [2.24, 2.45) is 0 Å². The number of rotatable bonds is 4. The normalized spacial score (nSPS) is 10.8. The van der Waals surface area contributed by atoms with E-state index < -0.39 is 0 Å². The molecule has 0 aliphatic rings. The first-order valence-electron chi connectivity index (χ1n) is 6.66. The van der Waals surface area contributed by atoms with Crippen LogP contribution in [0.4, 0.5) is 0 Å². The first kappa shape index (κ1) is 15.1. The van der Waals surface area contributed by atoms with E-state index in [1.165, 1.54) is 10.9 Å². The predicted molar refractivity (Wildman–Crippen MR) is 90.7 cm³/mol. The van der Waals surface area contributed by atoms with Crippen molar-refractivity contribution in [3.8, 4) is 5.75 Å². The summed E-state index contributed by atoms with van der Waals surface area (Å²) in [5.74, 6) is 0.749. The number of fused-ring (bicyclic) bond motifs is 1. The molecular weight excluding hydrogens is 368 g/mol. The highest BCUT2D eigenvalue weighted by molar-refractivity contribution is 9.10. The van der Waals surface area contributed by atoms with Crippen molar-refractivity contribution in [2.75, 3.05) is 6.61 Å². The van der Waals surface area contributed by atoms with E-state index in [1.807, 2.05) is 24.3 Å². The average molecular weight is 380 g/mol. The highest BCUT2D eigenvalue weighted by atomic mass is 79.9. The Morgan fingerprint density at radius 2 is 2.09 bits per heavy atom. The lowest BCUT2D eigenvalue weighted by Gasteiger charge is -2.09. The molecule has 0 saturated heterocycles. The summed E-state index contributed by atoms with van der Waals surface area (Å²) in [5.41, 5.74) is 0.518. The highest BCUT2D eigenvalue weighted by Crippen LogP contribution is 2.17. The molecule has 0 aliphatic heterocycles. The molecule has 3 aromatic rings. The molecule has 0 amide bonds. The van der Waals surface area contributed by atoms with Crippen molar-refractivity contribution >= 4 is 38.4 Å². The number of hydrogen-bond donors (Lipinski definition) is 0. The Balaban J connectivity index is 1.77. The molecule has 1 heterocycles. The summed E-state index contributed by atoms with van der Waals surface area (Å²) in [5, 5.41) is 1.03. The maximum Gasteiger partial charge on any atom is 0.261 e. The molecular formula is C16H12BrClN2O2. The monoisotopic (exact) mass is 378 g/mol. The number of halogens is 2. The minimum absolute atomic E-state index is 0.120. The number of benzene rings is 2. The van der Waals surface area contributed by atoms with Gasteiger partial charge in [0.15, 0.2) is 0 Å². The molecule has 1 aromatic heterocycles. The van der Waals surface area contributed by atoms with Crippen molar-refractivity contribution in [3.63, 3.8) is 0 Å². The predicted octanol–water partition coefficient (Wildman–Crippen LogP) is 3.89. The van der Waals surface area contributed by atoms with Crippen molar-refractivity contribution in [2.45, 2.75) is 6.54 Å². The van der Waals surface area contributed by atoms with Crippen LogP contribution in [0.3, 0.4) is 0 Å². The summed E-state index contributed by atoms with van der Waals surface area (Å²) < 4.78 is 8.11. The quantitative estimate of drug-likeness (QED) is 0.691. The van der Waals surface area contributed by atoms with Crippen LogP contribution in [-0.4, -0.2) is 16.2 Å². The van der Waals surface area contributed by atoms with Crippen LogP contribution in [0.15, 0.2) is 58.1 Å². The standard InChI is InChI=1S/C16H12BrClN2O2/c17-11-2-1-3-13(8-11)22-7-6-20-10-19-15-5-4-12(18)9-14(15)16(20)21/h1-5,8-10H,6-7H2. The molecule has 0 N–H and O–H groups in total. The molecule has 0 fully saturated rings. The summed E-state index contributed by atoms with van der Waals surface area (Å²) in [6.45, 7) is 0.797. The molecule has 0 saturated carbocycles. The molecule has 2 aromatic carbocycles. The summed E-state index contributed by atoms with van der Waals surface area (Å²) in [4.78, 5) is 16.6.